The van der Waals surface area contributed by atoms with Crippen molar-refractivity contribution in [2.24, 2.45) is 0 Å². The van der Waals surface area contributed by atoms with Crippen LogP contribution in [0.15, 0.2) is 42.5 Å². The second-order valence-corrected chi connectivity index (χ2v) is 3.31. The number of phenols is 1. The lowest BCUT2D eigenvalue weighted by Gasteiger charge is -2.03. The average molecular weight is 183 g/mol. The van der Waals surface area contributed by atoms with E-state index < -0.39 is 0 Å². The Morgan fingerprint density at radius 3 is 2.43 bits per heavy atom. The Morgan fingerprint density at radius 1 is 1.07 bits per heavy atom. The number of phenolic OH excluding ortho intramolecular Hbond substituents is 1. The van der Waals surface area contributed by atoms with E-state index in [9.17, 15) is 5.11 Å². The van der Waals surface area contributed by atoms with Crippen molar-refractivity contribution in [3.8, 4) is 16.9 Å². The Bertz CT molecular complexity index is 429. The molecule has 0 saturated carbocycles. The molecule has 2 aromatic carbocycles. The molecule has 2 rings (SSSR count). The third-order valence-corrected chi connectivity index (χ3v) is 2.20. The molecule has 0 spiro atoms. The van der Waals surface area contributed by atoms with E-state index in [1.54, 1.807) is 12.1 Å². The van der Waals surface area contributed by atoms with Gasteiger partial charge in [0.05, 0.1) is 0 Å². The van der Waals surface area contributed by atoms with E-state index in [0.29, 0.717) is 0 Å². The molecule has 0 amide bonds. The number of rotatable bonds is 1. The van der Waals surface area contributed by atoms with Gasteiger partial charge in [-0.25, -0.2) is 0 Å². The van der Waals surface area contributed by atoms with Gasteiger partial charge >= 0.3 is 0 Å². The van der Waals surface area contributed by atoms with Crippen LogP contribution in [0.2, 0.25) is 0 Å². The number of hydrogen-bond donors (Lipinski definition) is 1. The molecule has 2 aromatic rings. The molecule has 0 aliphatic heterocycles. The highest BCUT2D eigenvalue weighted by atomic mass is 16.3. The maximum absolute atomic E-state index is 9.60. The van der Waals surface area contributed by atoms with Gasteiger partial charge in [0.15, 0.2) is 0 Å². The van der Waals surface area contributed by atoms with Gasteiger partial charge in [-0.2, -0.15) is 0 Å². The van der Waals surface area contributed by atoms with E-state index in [1.807, 2.05) is 37.3 Å². The van der Waals surface area contributed by atoms with Gasteiger partial charge in [0.1, 0.15) is 5.75 Å². The quantitative estimate of drug-likeness (QED) is 0.720. The Labute approximate surface area is 83.6 Å². The van der Waals surface area contributed by atoms with Crippen molar-refractivity contribution in [1.82, 2.24) is 0 Å². The molecule has 69 valence electrons. The zero-order valence-corrected chi connectivity index (χ0v) is 7.99. The normalized spacial score (nSPS) is 10.1. The van der Waals surface area contributed by atoms with Crippen molar-refractivity contribution in [2.45, 2.75) is 6.92 Å². The molecule has 0 saturated heterocycles. The summed E-state index contributed by atoms with van der Waals surface area (Å²) in [5.41, 5.74) is 3.10. The summed E-state index contributed by atoms with van der Waals surface area (Å²) in [6.45, 7) is 2.04. The Morgan fingerprint density at radius 2 is 1.79 bits per heavy atom. The molecule has 0 atom stereocenters. The minimum absolute atomic E-state index is 0.274. The molecule has 0 bridgehead atoms. The third kappa shape index (κ3) is 1.62. The minimum atomic E-state index is 0.274. The molecular weight excluding hydrogens is 172 g/mol. The standard InChI is InChI=1S/C13H11O/c1-10-6-8-11(9-7-10)12-4-2-3-5-13(12)14/h2,4-9,14H,1H3. The molecule has 0 aliphatic carbocycles. The first kappa shape index (κ1) is 8.82. The zero-order valence-electron chi connectivity index (χ0n) is 7.99. The van der Waals surface area contributed by atoms with Crippen LogP contribution < -0.4 is 0 Å². The fourth-order valence-corrected chi connectivity index (χ4v) is 1.40. The van der Waals surface area contributed by atoms with Gasteiger partial charge in [0, 0.05) is 5.56 Å². The number of hydrogen-bond acceptors (Lipinski definition) is 1. The molecule has 0 unspecified atom stereocenters. The summed E-state index contributed by atoms with van der Waals surface area (Å²) in [5.74, 6) is 0.274. The molecule has 14 heavy (non-hydrogen) atoms. The number of aryl methyl sites for hydroxylation is 1. The molecule has 0 heterocycles. The summed E-state index contributed by atoms with van der Waals surface area (Å²) in [6.07, 6.45) is 0. The lowest BCUT2D eigenvalue weighted by molar-refractivity contribution is 0.477. The van der Waals surface area contributed by atoms with Crippen LogP contribution in [0.5, 0.6) is 5.75 Å². The summed E-state index contributed by atoms with van der Waals surface area (Å²) >= 11 is 0. The van der Waals surface area contributed by atoms with Crippen molar-refractivity contribution in [3.63, 3.8) is 0 Å². The fraction of sp³-hybridized carbons (Fsp3) is 0.0769. The lowest BCUT2D eigenvalue weighted by Crippen LogP contribution is -1.79. The van der Waals surface area contributed by atoms with Crippen LogP contribution in [0.3, 0.4) is 0 Å². The third-order valence-electron chi connectivity index (χ3n) is 2.20. The van der Waals surface area contributed by atoms with Crippen LogP contribution in [0.25, 0.3) is 11.1 Å². The Balaban J connectivity index is 2.50. The van der Waals surface area contributed by atoms with Gasteiger partial charge in [-0.3, -0.25) is 0 Å². The van der Waals surface area contributed by atoms with Crippen molar-refractivity contribution in [1.29, 1.82) is 0 Å². The summed E-state index contributed by atoms with van der Waals surface area (Å²) in [4.78, 5) is 0. The van der Waals surface area contributed by atoms with E-state index in [-0.39, 0.29) is 5.75 Å². The average Bonchev–Trinajstić information content (AvgIpc) is 2.20. The van der Waals surface area contributed by atoms with Gasteiger partial charge in [0.2, 0.25) is 0 Å². The molecule has 0 aromatic heterocycles. The molecule has 1 radical (unpaired) electrons. The smallest absolute Gasteiger partial charge is 0.124 e. The highest BCUT2D eigenvalue weighted by Crippen LogP contribution is 2.28. The molecular formula is C13H11O. The van der Waals surface area contributed by atoms with Crippen LogP contribution in [-0.4, -0.2) is 5.11 Å². The summed E-state index contributed by atoms with van der Waals surface area (Å²) in [6, 6.07) is 16.1. The van der Waals surface area contributed by atoms with Crippen molar-refractivity contribution in [3.05, 3.63) is 54.1 Å². The summed E-state index contributed by atoms with van der Waals surface area (Å²) in [5, 5.41) is 9.60. The van der Waals surface area contributed by atoms with Crippen molar-refractivity contribution in [2.75, 3.05) is 0 Å². The van der Waals surface area contributed by atoms with Gasteiger partial charge in [-0.05, 0) is 24.6 Å². The first-order valence-corrected chi connectivity index (χ1v) is 4.53. The van der Waals surface area contributed by atoms with Crippen molar-refractivity contribution < 1.29 is 5.11 Å². The van der Waals surface area contributed by atoms with Crippen LogP contribution in [0.4, 0.5) is 0 Å². The fourth-order valence-electron chi connectivity index (χ4n) is 1.40. The van der Waals surface area contributed by atoms with Crippen LogP contribution >= 0.6 is 0 Å². The van der Waals surface area contributed by atoms with Gasteiger partial charge in [-0.1, -0.05) is 42.0 Å². The van der Waals surface area contributed by atoms with Gasteiger partial charge in [0.25, 0.3) is 0 Å². The highest BCUT2D eigenvalue weighted by Gasteiger charge is 2.01. The van der Waals surface area contributed by atoms with Crippen molar-refractivity contribution >= 4 is 0 Å². The Kier molecular flexibility index (Phi) is 2.23. The maximum atomic E-state index is 9.60. The summed E-state index contributed by atoms with van der Waals surface area (Å²) in [7, 11) is 0. The summed E-state index contributed by atoms with van der Waals surface area (Å²) < 4.78 is 0. The van der Waals surface area contributed by atoms with Crippen LogP contribution in [0, 0.1) is 13.0 Å². The molecule has 0 fully saturated rings. The SMILES string of the molecule is Cc1ccc(-c2cc[c]cc2O)cc1. The number of benzene rings is 2. The largest absolute Gasteiger partial charge is 0.507 e. The van der Waals surface area contributed by atoms with E-state index in [0.717, 1.165) is 11.1 Å². The zero-order chi connectivity index (χ0) is 9.97. The monoisotopic (exact) mass is 183 g/mol. The van der Waals surface area contributed by atoms with E-state index in [4.69, 9.17) is 0 Å². The predicted molar refractivity (Wildman–Crippen MR) is 57.1 cm³/mol. The topological polar surface area (TPSA) is 20.2 Å². The van der Waals surface area contributed by atoms with E-state index in [1.165, 1.54) is 5.56 Å². The van der Waals surface area contributed by atoms with E-state index in [2.05, 4.69) is 6.07 Å². The maximum Gasteiger partial charge on any atom is 0.124 e. The van der Waals surface area contributed by atoms with Gasteiger partial charge in [-0.15, -0.1) is 0 Å². The first-order chi connectivity index (χ1) is 6.77. The molecule has 1 N–H and O–H groups in total. The first-order valence-electron chi connectivity index (χ1n) is 4.53. The van der Waals surface area contributed by atoms with E-state index >= 15 is 0 Å². The second kappa shape index (κ2) is 3.54. The van der Waals surface area contributed by atoms with Crippen LogP contribution in [0.1, 0.15) is 5.56 Å². The van der Waals surface area contributed by atoms with Crippen LogP contribution in [-0.2, 0) is 0 Å². The van der Waals surface area contributed by atoms with Gasteiger partial charge < -0.3 is 5.11 Å². The highest BCUT2D eigenvalue weighted by molar-refractivity contribution is 5.69. The molecule has 1 heteroatoms. The Hall–Kier alpha value is -1.76. The molecule has 0 aliphatic rings. The lowest BCUT2D eigenvalue weighted by atomic mass is 10.0. The minimum Gasteiger partial charge on any atom is -0.507 e. The number of aromatic hydroxyl groups is 1. The second-order valence-electron chi connectivity index (χ2n) is 3.31. The molecule has 1 nitrogen and oxygen atoms in total. The predicted octanol–water partition coefficient (Wildman–Crippen LogP) is 3.17.